The Hall–Kier alpha value is -2.42. The van der Waals surface area contributed by atoms with Crippen LogP contribution < -0.4 is 5.32 Å². The summed E-state index contributed by atoms with van der Waals surface area (Å²) in [7, 11) is 0. The van der Waals surface area contributed by atoms with Gasteiger partial charge >= 0.3 is 6.18 Å². The molecule has 148 valence electrons. The Bertz CT molecular complexity index is 912. The summed E-state index contributed by atoms with van der Waals surface area (Å²) in [6, 6.07) is 7.96. The van der Waals surface area contributed by atoms with E-state index < -0.39 is 41.1 Å². The number of carbonyl (C=O) groups excluding carboxylic acids is 1. The Kier molecular flexibility index (Phi) is 5.74. The first-order valence-corrected chi connectivity index (χ1v) is 9.45. The Balaban J connectivity index is 1.86. The summed E-state index contributed by atoms with van der Waals surface area (Å²) in [5.41, 5.74) is -0.577. The van der Waals surface area contributed by atoms with E-state index in [1.807, 2.05) is 0 Å². The Morgan fingerprint density at radius 2 is 1.82 bits per heavy atom. The number of thioether (sulfide) groups is 1. The van der Waals surface area contributed by atoms with Crippen LogP contribution in [0.1, 0.15) is 17.0 Å². The SMILES string of the molecule is CSC1=NCC(c2ccc(C(F)(F)F)cc2)C1C(=O)Nc1cccc(F)c1F. The van der Waals surface area contributed by atoms with E-state index in [4.69, 9.17) is 0 Å². The molecule has 1 amide bonds. The molecular formula is C19H15F5N2OS. The van der Waals surface area contributed by atoms with Crippen LogP contribution in [0.5, 0.6) is 0 Å². The number of nitrogens with one attached hydrogen (secondary N) is 1. The first-order chi connectivity index (χ1) is 13.2. The fourth-order valence-corrected chi connectivity index (χ4v) is 3.81. The van der Waals surface area contributed by atoms with Crippen molar-refractivity contribution in [3.63, 3.8) is 0 Å². The van der Waals surface area contributed by atoms with Gasteiger partial charge in [0.15, 0.2) is 11.6 Å². The van der Waals surface area contributed by atoms with Crippen molar-refractivity contribution in [2.45, 2.75) is 12.1 Å². The lowest BCUT2D eigenvalue weighted by Gasteiger charge is -2.21. The van der Waals surface area contributed by atoms with Crippen LogP contribution in [-0.4, -0.2) is 23.8 Å². The number of carbonyl (C=O) groups is 1. The molecule has 2 atom stereocenters. The van der Waals surface area contributed by atoms with Crippen LogP contribution in [-0.2, 0) is 11.0 Å². The second-order valence-corrected chi connectivity index (χ2v) is 7.00. The Labute approximate surface area is 162 Å². The van der Waals surface area contributed by atoms with Crippen LogP contribution in [0.3, 0.4) is 0 Å². The highest BCUT2D eigenvalue weighted by atomic mass is 32.2. The minimum atomic E-state index is -4.46. The van der Waals surface area contributed by atoms with Gasteiger partial charge in [0.1, 0.15) is 0 Å². The fourth-order valence-electron chi connectivity index (χ4n) is 3.08. The van der Waals surface area contributed by atoms with Crippen molar-refractivity contribution in [3.8, 4) is 0 Å². The van der Waals surface area contributed by atoms with E-state index in [0.29, 0.717) is 10.6 Å². The number of hydrogen-bond donors (Lipinski definition) is 1. The van der Waals surface area contributed by atoms with E-state index in [2.05, 4.69) is 10.3 Å². The van der Waals surface area contributed by atoms with E-state index in [1.54, 1.807) is 6.26 Å². The third-order valence-electron chi connectivity index (χ3n) is 4.48. The molecule has 0 aromatic heterocycles. The zero-order valence-corrected chi connectivity index (χ0v) is 15.4. The van der Waals surface area contributed by atoms with Crippen molar-refractivity contribution < 1.29 is 26.7 Å². The lowest BCUT2D eigenvalue weighted by Crippen LogP contribution is -2.31. The summed E-state index contributed by atoms with van der Waals surface area (Å²) in [5, 5.41) is 2.85. The maximum absolute atomic E-state index is 13.9. The summed E-state index contributed by atoms with van der Waals surface area (Å²) in [5.74, 6) is -4.18. The van der Waals surface area contributed by atoms with Gasteiger partial charge in [-0.15, -0.1) is 11.8 Å². The molecular weight excluding hydrogens is 399 g/mol. The largest absolute Gasteiger partial charge is 0.416 e. The molecule has 9 heteroatoms. The lowest BCUT2D eigenvalue weighted by atomic mass is 9.87. The molecule has 1 heterocycles. The second kappa shape index (κ2) is 7.90. The quantitative estimate of drug-likeness (QED) is 0.711. The fraction of sp³-hybridized carbons (Fsp3) is 0.263. The number of halogens is 5. The zero-order valence-electron chi connectivity index (χ0n) is 14.6. The first-order valence-electron chi connectivity index (χ1n) is 8.22. The number of aliphatic imine (C=N–C) groups is 1. The molecule has 3 rings (SSSR count). The third kappa shape index (κ3) is 4.04. The van der Waals surface area contributed by atoms with Gasteiger partial charge in [0.2, 0.25) is 5.91 Å². The normalized spacial score (nSPS) is 19.4. The Morgan fingerprint density at radius 3 is 2.43 bits per heavy atom. The standard InChI is InChI=1S/C19H15F5N2OS/c1-28-18-15(17(27)26-14-4-2-3-13(20)16(14)21)12(9-25-18)10-5-7-11(8-6-10)19(22,23)24/h2-8,12,15H,9H2,1H3,(H,26,27). The van der Waals surface area contributed by atoms with Crippen LogP contribution in [0.15, 0.2) is 47.5 Å². The second-order valence-electron chi connectivity index (χ2n) is 6.18. The molecule has 0 radical (unpaired) electrons. The molecule has 2 aromatic carbocycles. The summed E-state index contributed by atoms with van der Waals surface area (Å²) in [6.45, 7) is 0.214. The van der Waals surface area contributed by atoms with Crippen molar-refractivity contribution in [2.75, 3.05) is 18.1 Å². The molecule has 0 saturated carbocycles. The molecule has 1 N–H and O–H groups in total. The molecule has 3 nitrogen and oxygen atoms in total. The minimum Gasteiger partial charge on any atom is -0.323 e. The van der Waals surface area contributed by atoms with Gasteiger partial charge < -0.3 is 5.32 Å². The third-order valence-corrected chi connectivity index (χ3v) is 5.28. The van der Waals surface area contributed by atoms with Crippen LogP contribution in [0.25, 0.3) is 0 Å². The maximum atomic E-state index is 13.9. The molecule has 0 bridgehead atoms. The van der Waals surface area contributed by atoms with E-state index >= 15 is 0 Å². The average molecular weight is 414 g/mol. The molecule has 0 fully saturated rings. The maximum Gasteiger partial charge on any atom is 0.416 e. The van der Waals surface area contributed by atoms with Gasteiger partial charge in [-0.05, 0) is 36.1 Å². The molecule has 28 heavy (non-hydrogen) atoms. The number of benzene rings is 2. The number of nitrogens with zero attached hydrogens (tertiary/aromatic N) is 1. The monoisotopic (exact) mass is 414 g/mol. The van der Waals surface area contributed by atoms with Gasteiger partial charge in [0.05, 0.1) is 22.2 Å². The summed E-state index contributed by atoms with van der Waals surface area (Å²) in [4.78, 5) is 17.1. The van der Waals surface area contributed by atoms with Gasteiger partial charge in [0.25, 0.3) is 0 Å². The Morgan fingerprint density at radius 1 is 1.14 bits per heavy atom. The van der Waals surface area contributed by atoms with Crippen molar-refractivity contribution >= 4 is 28.4 Å². The first kappa shape index (κ1) is 20.3. The van der Waals surface area contributed by atoms with Gasteiger partial charge in [-0.25, -0.2) is 8.78 Å². The van der Waals surface area contributed by atoms with Crippen molar-refractivity contribution in [1.82, 2.24) is 0 Å². The lowest BCUT2D eigenvalue weighted by molar-refractivity contribution is -0.137. The van der Waals surface area contributed by atoms with Crippen LogP contribution in [0.4, 0.5) is 27.6 Å². The molecule has 0 aliphatic carbocycles. The molecule has 0 saturated heterocycles. The molecule has 0 spiro atoms. The van der Waals surface area contributed by atoms with Crippen LogP contribution >= 0.6 is 11.8 Å². The van der Waals surface area contributed by atoms with E-state index in [9.17, 15) is 26.7 Å². The highest BCUT2D eigenvalue weighted by Gasteiger charge is 2.39. The summed E-state index contributed by atoms with van der Waals surface area (Å²) >= 11 is 1.23. The van der Waals surface area contributed by atoms with Crippen LogP contribution in [0, 0.1) is 17.6 Å². The number of alkyl halides is 3. The summed E-state index contributed by atoms with van der Waals surface area (Å²) in [6.07, 6.45) is -2.74. The topological polar surface area (TPSA) is 41.5 Å². The highest BCUT2D eigenvalue weighted by Crippen LogP contribution is 2.37. The van der Waals surface area contributed by atoms with Crippen molar-refractivity contribution in [3.05, 3.63) is 65.2 Å². The van der Waals surface area contributed by atoms with Gasteiger partial charge in [-0.2, -0.15) is 13.2 Å². The molecule has 2 aromatic rings. The summed E-state index contributed by atoms with van der Waals surface area (Å²) < 4.78 is 65.6. The van der Waals surface area contributed by atoms with E-state index in [-0.39, 0.29) is 12.2 Å². The van der Waals surface area contributed by atoms with E-state index in [1.165, 1.54) is 36.0 Å². The number of hydrogen-bond acceptors (Lipinski definition) is 3. The number of amides is 1. The van der Waals surface area contributed by atoms with Crippen LogP contribution in [0.2, 0.25) is 0 Å². The van der Waals surface area contributed by atoms with Gasteiger partial charge in [-0.3, -0.25) is 9.79 Å². The number of rotatable bonds is 3. The molecule has 1 aliphatic heterocycles. The molecule has 1 aliphatic rings. The highest BCUT2D eigenvalue weighted by molar-refractivity contribution is 8.13. The minimum absolute atomic E-state index is 0.214. The zero-order chi connectivity index (χ0) is 20.5. The predicted molar refractivity (Wildman–Crippen MR) is 98.5 cm³/mol. The van der Waals surface area contributed by atoms with Gasteiger partial charge in [0, 0.05) is 12.5 Å². The average Bonchev–Trinajstić information content (AvgIpc) is 3.09. The molecule has 2 unspecified atom stereocenters. The number of anilines is 1. The van der Waals surface area contributed by atoms with Crippen molar-refractivity contribution in [2.24, 2.45) is 10.9 Å². The van der Waals surface area contributed by atoms with Gasteiger partial charge in [-0.1, -0.05) is 18.2 Å². The smallest absolute Gasteiger partial charge is 0.323 e. The van der Waals surface area contributed by atoms with E-state index in [0.717, 1.165) is 18.2 Å². The van der Waals surface area contributed by atoms with Crippen molar-refractivity contribution in [1.29, 1.82) is 0 Å². The predicted octanol–water partition coefficient (Wildman–Crippen LogP) is 5.10.